The molecule has 1 heteroatoms. The van der Waals surface area contributed by atoms with Gasteiger partial charge in [-0.2, -0.15) is 0 Å². The van der Waals surface area contributed by atoms with Crippen molar-refractivity contribution in [2.24, 2.45) is 0 Å². The van der Waals surface area contributed by atoms with Gasteiger partial charge in [0, 0.05) is 0 Å². The molecule has 0 aromatic carbocycles. The third-order valence-electron chi connectivity index (χ3n) is 3.47. The van der Waals surface area contributed by atoms with Crippen LogP contribution in [-0.4, -0.2) is 12.2 Å². The molecule has 1 fully saturated rings. The largest absolute Gasteiger partial charge is 0.369 e. The third-order valence-corrected chi connectivity index (χ3v) is 3.47. The summed E-state index contributed by atoms with van der Waals surface area (Å²) in [5, 5.41) is 0. The monoisotopic (exact) mass is 250 g/mol. The molecule has 0 saturated carbocycles. The standard InChI is InChI=1S/C17H30O/c1-3-5-7-8-9-10-11-13-15-17-16(18-17)14-12-6-4-2/h6,11-13,16-17H,3-5,7-10,14-15H2,1-2H3/b12-6-,13-11-/t16-,17+/m1/s1. The van der Waals surface area contributed by atoms with Gasteiger partial charge in [0.1, 0.15) is 0 Å². The van der Waals surface area contributed by atoms with E-state index in [9.17, 15) is 0 Å². The van der Waals surface area contributed by atoms with Crippen molar-refractivity contribution in [2.45, 2.75) is 83.8 Å². The highest BCUT2D eigenvalue weighted by Gasteiger charge is 2.35. The van der Waals surface area contributed by atoms with Gasteiger partial charge < -0.3 is 4.74 Å². The van der Waals surface area contributed by atoms with Crippen LogP contribution in [0.1, 0.15) is 71.6 Å². The first-order valence-corrected chi connectivity index (χ1v) is 7.84. The molecule has 2 atom stereocenters. The Morgan fingerprint density at radius 3 is 2.11 bits per heavy atom. The molecule has 1 rings (SSSR count). The lowest BCUT2D eigenvalue weighted by molar-refractivity contribution is 0.372. The van der Waals surface area contributed by atoms with E-state index in [1.54, 1.807) is 0 Å². The van der Waals surface area contributed by atoms with E-state index < -0.39 is 0 Å². The topological polar surface area (TPSA) is 12.5 Å². The van der Waals surface area contributed by atoms with Gasteiger partial charge in [-0.1, -0.05) is 63.8 Å². The molecule has 104 valence electrons. The first kappa shape index (κ1) is 15.5. The normalized spacial score (nSPS) is 23.2. The Labute approximate surface area is 113 Å². The zero-order valence-electron chi connectivity index (χ0n) is 12.2. The summed E-state index contributed by atoms with van der Waals surface area (Å²) in [4.78, 5) is 0. The Bertz CT molecular complexity index is 242. The maximum absolute atomic E-state index is 5.62. The van der Waals surface area contributed by atoms with Crippen molar-refractivity contribution < 1.29 is 4.74 Å². The molecule has 0 amide bonds. The van der Waals surface area contributed by atoms with E-state index >= 15 is 0 Å². The number of hydrogen-bond acceptors (Lipinski definition) is 1. The van der Waals surface area contributed by atoms with Gasteiger partial charge in [0.05, 0.1) is 12.2 Å². The minimum atomic E-state index is 0.502. The van der Waals surface area contributed by atoms with E-state index in [1.165, 1.54) is 38.5 Å². The number of epoxide rings is 1. The number of allylic oxidation sites excluding steroid dienone is 2. The van der Waals surface area contributed by atoms with Crippen LogP contribution in [0.5, 0.6) is 0 Å². The van der Waals surface area contributed by atoms with Crippen molar-refractivity contribution in [1.82, 2.24) is 0 Å². The van der Waals surface area contributed by atoms with Gasteiger partial charge in [-0.25, -0.2) is 0 Å². The van der Waals surface area contributed by atoms with Crippen molar-refractivity contribution >= 4 is 0 Å². The second-order valence-electron chi connectivity index (χ2n) is 5.24. The molecule has 1 aliphatic rings. The van der Waals surface area contributed by atoms with Gasteiger partial charge in [-0.05, 0) is 32.1 Å². The predicted octanol–water partition coefficient (Wildman–Crippen LogP) is 5.42. The zero-order valence-corrected chi connectivity index (χ0v) is 12.2. The highest BCUT2D eigenvalue weighted by atomic mass is 16.6. The Balaban J connectivity index is 1.88. The minimum Gasteiger partial charge on any atom is -0.369 e. The maximum Gasteiger partial charge on any atom is 0.0879 e. The lowest BCUT2D eigenvalue weighted by atomic mass is 10.1. The van der Waals surface area contributed by atoms with E-state index in [0.717, 1.165) is 19.3 Å². The first-order valence-electron chi connectivity index (χ1n) is 7.84. The second-order valence-corrected chi connectivity index (χ2v) is 5.24. The summed E-state index contributed by atoms with van der Waals surface area (Å²) in [6, 6.07) is 0. The smallest absolute Gasteiger partial charge is 0.0879 e. The number of unbranched alkanes of at least 4 members (excludes halogenated alkanes) is 5. The minimum absolute atomic E-state index is 0.502. The summed E-state index contributed by atoms with van der Waals surface area (Å²) in [7, 11) is 0. The summed E-state index contributed by atoms with van der Waals surface area (Å²) < 4.78 is 5.62. The van der Waals surface area contributed by atoms with Crippen molar-refractivity contribution in [3.05, 3.63) is 24.3 Å². The molecule has 1 heterocycles. The van der Waals surface area contributed by atoms with Crippen molar-refractivity contribution in [2.75, 3.05) is 0 Å². The quantitative estimate of drug-likeness (QED) is 0.271. The molecule has 0 bridgehead atoms. The summed E-state index contributed by atoms with van der Waals surface area (Å²) in [6.07, 6.45) is 21.6. The van der Waals surface area contributed by atoms with Crippen LogP contribution in [0, 0.1) is 0 Å². The summed E-state index contributed by atoms with van der Waals surface area (Å²) >= 11 is 0. The second kappa shape index (κ2) is 10.4. The van der Waals surface area contributed by atoms with Gasteiger partial charge in [0.15, 0.2) is 0 Å². The Morgan fingerprint density at radius 1 is 0.778 bits per heavy atom. The SMILES string of the molecule is CC/C=C\C[C@H]1O[C@H]1C/C=C\CCCCCCC. The third kappa shape index (κ3) is 7.71. The van der Waals surface area contributed by atoms with Gasteiger partial charge >= 0.3 is 0 Å². The van der Waals surface area contributed by atoms with Gasteiger partial charge in [-0.15, -0.1) is 0 Å². The molecule has 0 aliphatic carbocycles. The lowest BCUT2D eigenvalue weighted by Crippen LogP contribution is -1.90. The van der Waals surface area contributed by atoms with Crippen LogP contribution in [0.3, 0.4) is 0 Å². The molecule has 1 aliphatic heterocycles. The van der Waals surface area contributed by atoms with E-state index in [4.69, 9.17) is 4.74 Å². The Morgan fingerprint density at radius 2 is 1.44 bits per heavy atom. The van der Waals surface area contributed by atoms with Crippen LogP contribution in [0.2, 0.25) is 0 Å². The predicted molar refractivity (Wildman–Crippen MR) is 79.8 cm³/mol. The van der Waals surface area contributed by atoms with Crippen LogP contribution in [0.25, 0.3) is 0 Å². The van der Waals surface area contributed by atoms with Crippen LogP contribution in [-0.2, 0) is 4.74 Å². The molecule has 0 aromatic rings. The Hall–Kier alpha value is -0.560. The molecule has 0 aromatic heterocycles. The molecular weight excluding hydrogens is 220 g/mol. The van der Waals surface area contributed by atoms with Crippen LogP contribution in [0.15, 0.2) is 24.3 Å². The zero-order chi connectivity index (χ0) is 13.1. The molecule has 0 N–H and O–H groups in total. The van der Waals surface area contributed by atoms with E-state index in [2.05, 4.69) is 38.2 Å². The van der Waals surface area contributed by atoms with E-state index in [-0.39, 0.29) is 0 Å². The van der Waals surface area contributed by atoms with Crippen molar-refractivity contribution in [3.63, 3.8) is 0 Å². The van der Waals surface area contributed by atoms with Crippen molar-refractivity contribution in [3.8, 4) is 0 Å². The molecule has 0 unspecified atom stereocenters. The molecule has 1 saturated heterocycles. The first-order chi connectivity index (χ1) is 8.88. The summed E-state index contributed by atoms with van der Waals surface area (Å²) in [6.45, 7) is 4.44. The lowest BCUT2D eigenvalue weighted by Gasteiger charge is -1.95. The average molecular weight is 250 g/mol. The summed E-state index contributed by atoms with van der Waals surface area (Å²) in [5.41, 5.74) is 0. The van der Waals surface area contributed by atoms with E-state index in [1.807, 2.05) is 0 Å². The van der Waals surface area contributed by atoms with Gasteiger partial charge in [0.25, 0.3) is 0 Å². The molecule has 18 heavy (non-hydrogen) atoms. The number of rotatable bonds is 11. The highest BCUT2D eigenvalue weighted by molar-refractivity contribution is 4.97. The number of hydrogen-bond donors (Lipinski definition) is 0. The molecular formula is C17H30O. The van der Waals surface area contributed by atoms with Crippen molar-refractivity contribution in [1.29, 1.82) is 0 Å². The number of ether oxygens (including phenoxy) is 1. The maximum atomic E-state index is 5.62. The average Bonchev–Trinajstić information content (AvgIpc) is 3.12. The molecule has 0 spiro atoms. The van der Waals surface area contributed by atoms with Crippen LogP contribution >= 0.6 is 0 Å². The van der Waals surface area contributed by atoms with E-state index in [0.29, 0.717) is 12.2 Å². The summed E-state index contributed by atoms with van der Waals surface area (Å²) in [5.74, 6) is 0. The fourth-order valence-corrected chi connectivity index (χ4v) is 2.20. The molecule has 0 radical (unpaired) electrons. The van der Waals surface area contributed by atoms with Gasteiger partial charge in [-0.3, -0.25) is 0 Å². The van der Waals surface area contributed by atoms with Gasteiger partial charge in [0.2, 0.25) is 0 Å². The van der Waals surface area contributed by atoms with Crippen LogP contribution < -0.4 is 0 Å². The fraction of sp³-hybridized carbons (Fsp3) is 0.765. The molecule has 1 nitrogen and oxygen atoms in total. The van der Waals surface area contributed by atoms with Crippen LogP contribution in [0.4, 0.5) is 0 Å². The fourth-order valence-electron chi connectivity index (χ4n) is 2.20. The highest BCUT2D eigenvalue weighted by Crippen LogP contribution is 2.29. The Kier molecular flexibility index (Phi) is 8.93.